The molecule has 2 aliphatic rings. The molecule has 4 rings (SSSR count). The lowest BCUT2D eigenvalue weighted by Gasteiger charge is -2.29. The second-order valence-corrected chi connectivity index (χ2v) is 6.24. The van der Waals surface area contributed by atoms with Crippen molar-refractivity contribution < 1.29 is 14.3 Å². The van der Waals surface area contributed by atoms with Gasteiger partial charge in [-0.1, -0.05) is 12.1 Å². The van der Waals surface area contributed by atoms with Crippen molar-refractivity contribution in [3.8, 4) is 5.75 Å². The lowest BCUT2D eigenvalue weighted by Crippen LogP contribution is -2.37. The van der Waals surface area contributed by atoms with Gasteiger partial charge in [0.1, 0.15) is 5.75 Å². The van der Waals surface area contributed by atoms with Crippen LogP contribution in [0.25, 0.3) is 0 Å². The fourth-order valence-electron chi connectivity index (χ4n) is 3.25. The lowest BCUT2D eigenvalue weighted by atomic mass is 10.1. The summed E-state index contributed by atoms with van der Waals surface area (Å²) in [5, 5.41) is 3.01. The maximum absolute atomic E-state index is 12.5. The van der Waals surface area contributed by atoms with Gasteiger partial charge in [0.25, 0.3) is 0 Å². The van der Waals surface area contributed by atoms with Crippen molar-refractivity contribution in [1.29, 1.82) is 0 Å². The summed E-state index contributed by atoms with van der Waals surface area (Å²) in [4.78, 5) is 19.1. The smallest absolute Gasteiger partial charge is 0.228 e. The SMILES string of the molecule is O=C(Cc1ccc2c(c1)CCO2)Nc1cccnc1N1CCOCC1. The van der Waals surface area contributed by atoms with E-state index in [9.17, 15) is 4.79 Å². The molecule has 0 saturated carbocycles. The van der Waals surface area contributed by atoms with E-state index >= 15 is 0 Å². The summed E-state index contributed by atoms with van der Waals surface area (Å²) in [6, 6.07) is 9.70. The van der Waals surface area contributed by atoms with Gasteiger partial charge in [-0.25, -0.2) is 4.98 Å². The first-order chi connectivity index (χ1) is 12.3. The summed E-state index contributed by atoms with van der Waals surface area (Å²) < 4.78 is 10.9. The molecule has 1 fully saturated rings. The fourth-order valence-corrected chi connectivity index (χ4v) is 3.25. The molecule has 1 aromatic carbocycles. The molecule has 6 heteroatoms. The molecular weight excluding hydrogens is 318 g/mol. The summed E-state index contributed by atoms with van der Waals surface area (Å²) in [6.07, 6.45) is 3.00. The minimum absolute atomic E-state index is 0.0404. The Morgan fingerprint density at radius 2 is 2.08 bits per heavy atom. The first kappa shape index (κ1) is 15.9. The van der Waals surface area contributed by atoms with Crippen molar-refractivity contribution in [2.24, 2.45) is 0 Å². The van der Waals surface area contributed by atoms with Gasteiger partial charge in [0.15, 0.2) is 5.82 Å². The van der Waals surface area contributed by atoms with E-state index in [1.807, 2.05) is 24.3 Å². The van der Waals surface area contributed by atoms with Crippen LogP contribution < -0.4 is 15.0 Å². The number of hydrogen-bond acceptors (Lipinski definition) is 5. The highest BCUT2D eigenvalue weighted by atomic mass is 16.5. The van der Waals surface area contributed by atoms with E-state index < -0.39 is 0 Å². The molecule has 2 aliphatic heterocycles. The van der Waals surface area contributed by atoms with E-state index in [0.717, 1.165) is 48.9 Å². The van der Waals surface area contributed by atoms with Gasteiger partial charge < -0.3 is 19.7 Å². The second kappa shape index (κ2) is 7.11. The molecule has 2 aromatic rings. The molecule has 1 aromatic heterocycles. The molecule has 0 spiro atoms. The lowest BCUT2D eigenvalue weighted by molar-refractivity contribution is -0.115. The van der Waals surface area contributed by atoms with Gasteiger partial charge >= 0.3 is 0 Å². The zero-order valence-corrected chi connectivity index (χ0v) is 14.0. The third-order valence-electron chi connectivity index (χ3n) is 4.49. The van der Waals surface area contributed by atoms with Gasteiger partial charge in [-0.2, -0.15) is 0 Å². The Kier molecular flexibility index (Phi) is 4.52. The standard InChI is InChI=1S/C19H21N3O3/c23-18(13-14-3-4-17-15(12-14)5-9-25-17)21-16-2-1-6-20-19(16)22-7-10-24-11-8-22/h1-4,6,12H,5,7-11,13H2,(H,21,23). The zero-order chi connectivity index (χ0) is 17.1. The highest BCUT2D eigenvalue weighted by Crippen LogP contribution is 2.27. The van der Waals surface area contributed by atoms with E-state index in [1.54, 1.807) is 6.20 Å². The van der Waals surface area contributed by atoms with Crippen molar-refractivity contribution in [3.05, 3.63) is 47.7 Å². The monoisotopic (exact) mass is 339 g/mol. The minimum atomic E-state index is -0.0404. The van der Waals surface area contributed by atoms with Crippen LogP contribution in [0.1, 0.15) is 11.1 Å². The third kappa shape index (κ3) is 3.58. The number of nitrogens with zero attached hydrogens (tertiary/aromatic N) is 2. The predicted octanol–water partition coefficient (Wildman–Crippen LogP) is 2.03. The average molecular weight is 339 g/mol. The van der Waals surface area contributed by atoms with Gasteiger partial charge in [-0.3, -0.25) is 4.79 Å². The van der Waals surface area contributed by atoms with Gasteiger partial charge in [-0.15, -0.1) is 0 Å². The minimum Gasteiger partial charge on any atom is -0.493 e. The van der Waals surface area contributed by atoms with Crippen LogP contribution in [-0.4, -0.2) is 43.8 Å². The normalized spacial score (nSPS) is 16.2. The summed E-state index contributed by atoms with van der Waals surface area (Å²) in [5.74, 6) is 1.70. The second-order valence-electron chi connectivity index (χ2n) is 6.24. The predicted molar refractivity (Wildman–Crippen MR) is 95.2 cm³/mol. The van der Waals surface area contributed by atoms with Crippen molar-refractivity contribution in [2.45, 2.75) is 12.8 Å². The maximum Gasteiger partial charge on any atom is 0.228 e. The summed E-state index contributed by atoms with van der Waals surface area (Å²) in [7, 11) is 0. The van der Waals surface area contributed by atoms with E-state index in [1.165, 1.54) is 5.56 Å². The summed E-state index contributed by atoms with van der Waals surface area (Å²) in [6.45, 7) is 3.65. The van der Waals surface area contributed by atoms with Crippen LogP contribution in [0.5, 0.6) is 5.75 Å². The molecule has 6 nitrogen and oxygen atoms in total. The van der Waals surface area contributed by atoms with E-state index in [4.69, 9.17) is 9.47 Å². The molecule has 0 atom stereocenters. The molecular formula is C19H21N3O3. The number of ether oxygens (including phenoxy) is 2. The van der Waals surface area contributed by atoms with Crippen molar-refractivity contribution in [2.75, 3.05) is 43.1 Å². The number of benzene rings is 1. The summed E-state index contributed by atoms with van der Waals surface area (Å²) >= 11 is 0. The Balaban J connectivity index is 1.46. The molecule has 25 heavy (non-hydrogen) atoms. The first-order valence-corrected chi connectivity index (χ1v) is 8.62. The topological polar surface area (TPSA) is 63.7 Å². The molecule has 1 N–H and O–H groups in total. The van der Waals surface area contributed by atoms with Gasteiger partial charge in [0.2, 0.25) is 5.91 Å². The van der Waals surface area contributed by atoms with Gasteiger partial charge in [0, 0.05) is 25.7 Å². The first-order valence-electron chi connectivity index (χ1n) is 8.62. The number of carbonyl (C=O) groups excluding carboxylic acids is 1. The molecule has 1 amide bonds. The number of fused-ring (bicyclic) bond motifs is 1. The van der Waals surface area contributed by atoms with Crippen LogP contribution in [0, 0.1) is 0 Å². The van der Waals surface area contributed by atoms with Crippen LogP contribution in [0.3, 0.4) is 0 Å². The van der Waals surface area contributed by atoms with Crippen LogP contribution in [-0.2, 0) is 22.4 Å². The Hall–Kier alpha value is -2.60. The molecule has 0 bridgehead atoms. The van der Waals surface area contributed by atoms with Crippen LogP contribution in [0.15, 0.2) is 36.5 Å². The highest BCUT2D eigenvalue weighted by molar-refractivity contribution is 5.95. The van der Waals surface area contributed by atoms with Crippen molar-refractivity contribution in [1.82, 2.24) is 4.98 Å². The van der Waals surface area contributed by atoms with Crippen LogP contribution >= 0.6 is 0 Å². The number of carbonyl (C=O) groups is 1. The van der Waals surface area contributed by atoms with E-state index in [0.29, 0.717) is 19.6 Å². The quantitative estimate of drug-likeness (QED) is 0.923. The molecule has 130 valence electrons. The van der Waals surface area contributed by atoms with Crippen molar-refractivity contribution >= 4 is 17.4 Å². The Bertz CT molecular complexity index is 772. The number of rotatable bonds is 4. The molecule has 0 radical (unpaired) electrons. The number of nitrogens with one attached hydrogen (secondary N) is 1. The third-order valence-corrected chi connectivity index (χ3v) is 4.49. The number of pyridine rings is 1. The fraction of sp³-hybridized carbons (Fsp3) is 0.368. The Labute approximate surface area is 146 Å². The van der Waals surface area contributed by atoms with Crippen LogP contribution in [0.4, 0.5) is 11.5 Å². The average Bonchev–Trinajstić information content (AvgIpc) is 3.10. The number of hydrogen-bond donors (Lipinski definition) is 1. The number of morpholine rings is 1. The highest BCUT2D eigenvalue weighted by Gasteiger charge is 2.18. The van der Waals surface area contributed by atoms with Gasteiger partial charge in [0.05, 0.1) is 31.9 Å². The largest absolute Gasteiger partial charge is 0.493 e. The number of aromatic nitrogens is 1. The van der Waals surface area contributed by atoms with Gasteiger partial charge in [-0.05, 0) is 29.3 Å². The molecule has 1 saturated heterocycles. The number of anilines is 2. The van der Waals surface area contributed by atoms with Crippen molar-refractivity contribution in [3.63, 3.8) is 0 Å². The number of amides is 1. The zero-order valence-electron chi connectivity index (χ0n) is 14.0. The Morgan fingerprint density at radius 1 is 1.20 bits per heavy atom. The van der Waals surface area contributed by atoms with E-state index in [-0.39, 0.29) is 5.91 Å². The Morgan fingerprint density at radius 3 is 2.96 bits per heavy atom. The van der Waals surface area contributed by atoms with E-state index in [2.05, 4.69) is 21.3 Å². The summed E-state index contributed by atoms with van der Waals surface area (Å²) in [5.41, 5.74) is 2.93. The molecule has 0 aliphatic carbocycles. The van der Waals surface area contributed by atoms with Crippen LogP contribution in [0.2, 0.25) is 0 Å². The molecule has 3 heterocycles. The maximum atomic E-state index is 12.5. The molecule has 0 unspecified atom stereocenters.